The summed E-state index contributed by atoms with van der Waals surface area (Å²) in [4.78, 5) is 14.5. The fourth-order valence-corrected chi connectivity index (χ4v) is 4.67. The third kappa shape index (κ3) is 3.55. The number of methoxy groups -OCH3 is 1. The van der Waals surface area contributed by atoms with E-state index in [2.05, 4.69) is 6.92 Å². The number of aliphatic hydroxyl groups is 1. The zero-order valence-corrected chi connectivity index (χ0v) is 15.6. The fraction of sp³-hybridized carbons (Fsp3) is 0.667. The number of carbonyl (C=O) groups is 1. The van der Waals surface area contributed by atoms with E-state index in [1.807, 2.05) is 29.2 Å². The SMILES string of the molecule is CCCC1(O)CCC12CCN(C(=O)CCc1ccc(OC)cc1)CC2. The number of hydrogen-bond acceptors (Lipinski definition) is 3. The first-order valence-electron chi connectivity index (χ1n) is 9.65. The number of ether oxygens (including phenoxy) is 1. The molecule has 4 nitrogen and oxygen atoms in total. The molecule has 0 bridgehead atoms. The summed E-state index contributed by atoms with van der Waals surface area (Å²) in [7, 11) is 1.66. The molecule has 2 aliphatic rings. The van der Waals surface area contributed by atoms with Crippen molar-refractivity contribution in [2.45, 2.75) is 63.9 Å². The Kier molecular flexibility index (Phi) is 5.38. The molecule has 1 saturated carbocycles. The van der Waals surface area contributed by atoms with Crippen molar-refractivity contribution in [3.8, 4) is 5.75 Å². The lowest BCUT2D eigenvalue weighted by molar-refractivity contribution is -0.194. The predicted octanol–water partition coefficient (Wildman–Crippen LogP) is 3.56. The molecule has 1 aliphatic heterocycles. The first-order chi connectivity index (χ1) is 12.0. The van der Waals surface area contributed by atoms with Crippen LogP contribution in [-0.2, 0) is 11.2 Å². The second-order valence-corrected chi connectivity index (χ2v) is 7.79. The minimum Gasteiger partial charge on any atom is -0.497 e. The average Bonchev–Trinajstić information content (AvgIpc) is 2.66. The quantitative estimate of drug-likeness (QED) is 0.857. The molecule has 25 heavy (non-hydrogen) atoms. The number of amides is 1. The minimum absolute atomic E-state index is 0.0791. The van der Waals surface area contributed by atoms with Crippen molar-refractivity contribution in [2.24, 2.45) is 5.41 Å². The maximum Gasteiger partial charge on any atom is 0.222 e. The summed E-state index contributed by atoms with van der Waals surface area (Å²) >= 11 is 0. The third-order valence-electron chi connectivity index (χ3n) is 6.53. The van der Waals surface area contributed by atoms with Gasteiger partial charge in [0.05, 0.1) is 12.7 Å². The summed E-state index contributed by atoms with van der Waals surface area (Å²) < 4.78 is 5.16. The highest BCUT2D eigenvalue weighted by molar-refractivity contribution is 5.76. The lowest BCUT2D eigenvalue weighted by Crippen LogP contribution is -2.61. The van der Waals surface area contributed by atoms with E-state index in [0.717, 1.165) is 63.8 Å². The fourth-order valence-electron chi connectivity index (χ4n) is 4.67. The maximum atomic E-state index is 12.5. The molecule has 3 rings (SSSR count). The normalized spacial score (nSPS) is 24.8. The molecule has 2 fully saturated rings. The first-order valence-corrected chi connectivity index (χ1v) is 9.65. The molecule has 1 aromatic carbocycles. The zero-order valence-electron chi connectivity index (χ0n) is 15.6. The van der Waals surface area contributed by atoms with Crippen LogP contribution in [0.15, 0.2) is 24.3 Å². The molecule has 138 valence electrons. The molecular formula is C21H31NO3. The van der Waals surface area contributed by atoms with Crippen LogP contribution in [0.1, 0.15) is 57.4 Å². The van der Waals surface area contributed by atoms with Gasteiger partial charge in [-0.2, -0.15) is 0 Å². The number of nitrogens with zero attached hydrogens (tertiary/aromatic N) is 1. The van der Waals surface area contributed by atoms with E-state index < -0.39 is 5.60 Å². The van der Waals surface area contributed by atoms with Crippen molar-refractivity contribution in [1.82, 2.24) is 4.90 Å². The second kappa shape index (κ2) is 7.36. The molecule has 1 atom stereocenters. The molecule has 0 radical (unpaired) electrons. The predicted molar refractivity (Wildman–Crippen MR) is 98.7 cm³/mol. The van der Waals surface area contributed by atoms with Gasteiger partial charge in [-0.25, -0.2) is 0 Å². The third-order valence-corrected chi connectivity index (χ3v) is 6.53. The van der Waals surface area contributed by atoms with Gasteiger partial charge in [0.15, 0.2) is 0 Å². The van der Waals surface area contributed by atoms with E-state index in [1.54, 1.807) is 7.11 Å². The number of likely N-dealkylation sites (tertiary alicyclic amines) is 1. The van der Waals surface area contributed by atoms with Crippen molar-refractivity contribution < 1.29 is 14.6 Å². The first kappa shape index (κ1) is 18.2. The van der Waals surface area contributed by atoms with Crippen LogP contribution in [0.4, 0.5) is 0 Å². The Morgan fingerprint density at radius 3 is 2.36 bits per heavy atom. The van der Waals surface area contributed by atoms with Crippen molar-refractivity contribution in [3.63, 3.8) is 0 Å². The van der Waals surface area contributed by atoms with E-state index in [0.29, 0.717) is 6.42 Å². The number of piperidine rings is 1. The van der Waals surface area contributed by atoms with Gasteiger partial charge < -0.3 is 14.7 Å². The van der Waals surface area contributed by atoms with Crippen molar-refractivity contribution in [3.05, 3.63) is 29.8 Å². The highest BCUT2D eigenvalue weighted by Gasteiger charge is 2.57. The van der Waals surface area contributed by atoms with Gasteiger partial charge in [0.25, 0.3) is 0 Å². The number of hydrogen-bond donors (Lipinski definition) is 1. The molecule has 1 N–H and O–H groups in total. The lowest BCUT2D eigenvalue weighted by Gasteiger charge is -2.59. The Morgan fingerprint density at radius 1 is 1.16 bits per heavy atom. The highest BCUT2D eigenvalue weighted by atomic mass is 16.5. The average molecular weight is 345 g/mol. The Labute approximate surface area is 151 Å². The van der Waals surface area contributed by atoms with Crippen LogP contribution < -0.4 is 4.74 Å². The molecule has 1 saturated heterocycles. The molecule has 1 amide bonds. The van der Waals surface area contributed by atoms with Crippen LogP contribution in [0.3, 0.4) is 0 Å². The zero-order chi connectivity index (χ0) is 17.9. The van der Waals surface area contributed by atoms with Gasteiger partial charge in [0, 0.05) is 24.9 Å². The molecule has 1 unspecified atom stereocenters. The lowest BCUT2D eigenvalue weighted by atomic mass is 9.51. The van der Waals surface area contributed by atoms with Crippen LogP contribution in [0, 0.1) is 5.41 Å². The molecule has 4 heteroatoms. The molecule has 1 heterocycles. The summed E-state index contributed by atoms with van der Waals surface area (Å²) in [5.74, 6) is 1.08. The van der Waals surface area contributed by atoms with Gasteiger partial charge >= 0.3 is 0 Å². The van der Waals surface area contributed by atoms with Crippen molar-refractivity contribution >= 4 is 5.91 Å². The Morgan fingerprint density at radius 2 is 1.84 bits per heavy atom. The van der Waals surface area contributed by atoms with Gasteiger partial charge in [-0.1, -0.05) is 25.5 Å². The molecule has 1 spiro atoms. The van der Waals surface area contributed by atoms with Gasteiger partial charge in [0.2, 0.25) is 5.91 Å². The number of carbonyl (C=O) groups excluding carboxylic acids is 1. The second-order valence-electron chi connectivity index (χ2n) is 7.79. The highest BCUT2D eigenvalue weighted by Crippen LogP contribution is 2.58. The van der Waals surface area contributed by atoms with E-state index in [9.17, 15) is 9.90 Å². The van der Waals surface area contributed by atoms with Gasteiger partial charge in [-0.15, -0.1) is 0 Å². The molecule has 0 aromatic heterocycles. The summed E-state index contributed by atoms with van der Waals surface area (Å²) in [6, 6.07) is 7.93. The van der Waals surface area contributed by atoms with Crippen LogP contribution in [-0.4, -0.2) is 41.7 Å². The maximum absolute atomic E-state index is 12.5. The van der Waals surface area contributed by atoms with Crippen LogP contribution in [0.25, 0.3) is 0 Å². The Hall–Kier alpha value is -1.55. The van der Waals surface area contributed by atoms with Gasteiger partial charge in [-0.05, 0) is 56.2 Å². The van der Waals surface area contributed by atoms with Crippen LogP contribution >= 0.6 is 0 Å². The molecule has 1 aliphatic carbocycles. The number of rotatable bonds is 6. The van der Waals surface area contributed by atoms with Crippen molar-refractivity contribution in [2.75, 3.05) is 20.2 Å². The van der Waals surface area contributed by atoms with Crippen molar-refractivity contribution in [1.29, 1.82) is 0 Å². The monoisotopic (exact) mass is 345 g/mol. The summed E-state index contributed by atoms with van der Waals surface area (Å²) in [6.07, 6.45) is 7.23. The smallest absolute Gasteiger partial charge is 0.222 e. The van der Waals surface area contributed by atoms with E-state index >= 15 is 0 Å². The van der Waals surface area contributed by atoms with Gasteiger partial charge in [0.1, 0.15) is 5.75 Å². The summed E-state index contributed by atoms with van der Waals surface area (Å²) in [5, 5.41) is 10.9. The van der Waals surface area contributed by atoms with E-state index in [1.165, 1.54) is 5.56 Å². The standard InChI is InChI=1S/C21H31NO3/c1-3-10-21(24)12-11-20(21)13-15-22(16-14-20)19(23)9-6-17-4-7-18(25-2)8-5-17/h4-5,7-8,24H,3,6,9-16H2,1-2H3. The summed E-state index contributed by atoms with van der Waals surface area (Å²) in [6.45, 7) is 3.74. The molecular weight excluding hydrogens is 314 g/mol. The number of aryl methyl sites for hydroxylation is 1. The van der Waals surface area contributed by atoms with Crippen LogP contribution in [0.2, 0.25) is 0 Å². The van der Waals surface area contributed by atoms with E-state index in [-0.39, 0.29) is 11.3 Å². The topological polar surface area (TPSA) is 49.8 Å². The largest absolute Gasteiger partial charge is 0.497 e. The Balaban J connectivity index is 1.48. The number of benzene rings is 1. The minimum atomic E-state index is -0.472. The summed E-state index contributed by atoms with van der Waals surface area (Å²) in [5.41, 5.74) is 0.773. The van der Waals surface area contributed by atoms with Crippen LogP contribution in [0.5, 0.6) is 5.75 Å². The molecule has 1 aromatic rings. The van der Waals surface area contributed by atoms with Gasteiger partial charge in [-0.3, -0.25) is 4.79 Å². The van der Waals surface area contributed by atoms with E-state index in [4.69, 9.17) is 4.74 Å². The Bertz CT molecular complexity index is 590.